The molecule has 0 aromatic rings. The highest BCUT2D eigenvalue weighted by Gasteiger charge is 2.14. The van der Waals surface area contributed by atoms with E-state index in [9.17, 15) is 0 Å². The molecule has 0 bridgehead atoms. The van der Waals surface area contributed by atoms with Crippen LogP contribution in [0.25, 0.3) is 0 Å². The van der Waals surface area contributed by atoms with Crippen molar-refractivity contribution >= 4 is 0 Å². The number of rotatable bonds is 4. The zero-order chi connectivity index (χ0) is 10.6. The van der Waals surface area contributed by atoms with Crippen molar-refractivity contribution in [2.75, 3.05) is 6.54 Å². The van der Waals surface area contributed by atoms with Crippen molar-refractivity contribution in [2.24, 2.45) is 5.92 Å². The number of nitrogens with one attached hydrogen (secondary N) is 1. The van der Waals surface area contributed by atoms with Gasteiger partial charge in [-0.05, 0) is 38.2 Å². The maximum absolute atomic E-state index is 3.57. The van der Waals surface area contributed by atoms with E-state index in [-0.39, 0.29) is 5.54 Å². The maximum atomic E-state index is 3.57. The van der Waals surface area contributed by atoms with E-state index in [1.807, 2.05) is 0 Å². The molecular formula is C13H23N. The van der Waals surface area contributed by atoms with Gasteiger partial charge in [-0.3, -0.25) is 0 Å². The first kappa shape index (κ1) is 11.5. The lowest BCUT2D eigenvalue weighted by atomic mass is 9.97. The van der Waals surface area contributed by atoms with E-state index in [4.69, 9.17) is 0 Å². The molecule has 0 aromatic heterocycles. The molecule has 0 aliphatic heterocycles. The predicted octanol–water partition coefficient (Wildman–Crippen LogP) is 3.29. The number of allylic oxidation sites excluding steroid dienone is 2. The summed E-state index contributed by atoms with van der Waals surface area (Å²) >= 11 is 0. The Hall–Kier alpha value is -0.560. The van der Waals surface area contributed by atoms with Gasteiger partial charge in [0.1, 0.15) is 0 Å². The van der Waals surface area contributed by atoms with E-state index in [0.29, 0.717) is 0 Å². The summed E-state index contributed by atoms with van der Waals surface area (Å²) in [5.74, 6) is 0.720. The number of hydrogen-bond acceptors (Lipinski definition) is 1. The fourth-order valence-corrected chi connectivity index (χ4v) is 1.37. The van der Waals surface area contributed by atoms with Crippen LogP contribution in [-0.2, 0) is 0 Å². The lowest BCUT2D eigenvalue weighted by Gasteiger charge is -2.25. The lowest BCUT2D eigenvalue weighted by Crippen LogP contribution is -2.39. The SMILES string of the molecule is CCC(C)(C)NCC1=CCC(C)C=C1. The van der Waals surface area contributed by atoms with E-state index in [1.54, 1.807) is 0 Å². The highest BCUT2D eigenvalue weighted by atomic mass is 14.9. The second-order valence-corrected chi connectivity index (χ2v) is 4.94. The molecule has 0 saturated carbocycles. The zero-order valence-electron chi connectivity index (χ0n) is 9.93. The van der Waals surface area contributed by atoms with Crippen molar-refractivity contribution < 1.29 is 0 Å². The molecule has 1 atom stereocenters. The van der Waals surface area contributed by atoms with Crippen LogP contribution >= 0.6 is 0 Å². The fraction of sp³-hybridized carbons (Fsp3) is 0.692. The van der Waals surface area contributed by atoms with E-state index < -0.39 is 0 Å². The van der Waals surface area contributed by atoms with Gasteiger partial charge in [0, 0.05) is 12.1 Å². The van der Waals surface area contributed by atoms with Crippen LogP contribution in [0.3, 0.4) is 0 Å². The van der Waals surface area contributed by atoms with Gasteiger partial charge < -0.3 is 5.32 Å². The van der Waals surface area contributed by atoms with E-state index in [1.165, 1.54) is 18.4 Å². The molecule has 0 heterocycles. The largest absolute Gasteiger partial charge is 0.308 e. The monoisotopic (exact) mass is 193 g/mol. The van der Waals surface area contributed by atoms with Crippen molar-refractivity contribution in [1.82, 2.24) is 5.32 Å². The Kier molecular flexibility index (Phi) is 3.94. The molecule has 0 fully saturated rings. The third kappa shape index (κ3) is 3.67. The van der Waals surface area contributed by atoms with Crippen LogP contribution in [0.4, 0.5) is 0 Å². The Morgan fingerprint density at radius 1 is 1.50 bits per heavy atom. The van der Waals surface area contributed by atoms with Crippen molar-refractivity contribution in [3.05, 3.63) is 23.8 Å². The molecule has 0 amide bonds. The van der Waals surface area contributed by atoms with E-state index in [0.717, 1.165) is 12.5 Å². The molecule has 1 aliphatic carbocycles. The average Bonchev–Trinajstić information content (AvgIpc) is 2.17. The van der Waals surface area contributed by atoms with Gasteiger partial charge in [0.05, 0.1) is 0 Å². The number of hydrogen-bond donors (Lipinski definition) is 1. The third-order valence-corrected chi connectivity index (χ3v) is 3.05. The van der Waals surface area contributed by atoms with Gasteiger partial charge in [0.2, 0.25) is 0 Å². The molecule has 14 heavy (non-hydrogen) atoms. The summed E-state index contributed by atoms with van der Waals surface area (Å²) in [5.41, 5.74) is 1.70. The van der Waals surface area contributed by atoms with Crippen molar-refractivity contribution in [1.29, 1.82) is 0 Å². The van der Waals surface area contributed by atoms with E-state index in [2.05, 4.69) is 51.2 Å². The van der Waals surface area contributed by atoms with Crippen LogP contribution in [0.15, 0.2) is 23.8 Å². The molecule has 1 aliphatic rings. The lowest BCUT2D eigenvalue weighted by molar-refractivity contribution is 0.391. The summed E-state index contributed by atoms with van der Waals surface area (Å²) in [6, 6.07) is 0. The molecule has 80 valence electrons. The van der Waals surface area contributed by atoms with Gasteiger partial charge in [-0.25, -0.2) is 0 Å². The molecule has 1 rings (SSSR count). The van der Waals surface area contributed by atoms with Gasteiger partial charge in [-0.2, -0.15) is 0 Å². The minimum Gasteiger partial charge on any atom is -0.308 e. The molecular weight excluding hydrogens is 170 g/mol. The smallest absolute Gasteiger partial charge is 0.0207 e. The van der Waals surface area contributed by atoms with Crippen LogP contribution in [0.2, 0.25) is 0 Å². The van der Waals surface area contributed by atoms with Crippen LogP contribution in [0, 0.1) is 5.92 Å². The Labute approximate surface area is 88.3 Å². The maximum Gasteiger partial charge on any atom is 0.0207 e. The molecule has 0 spiro atoms. The van der Waals surface area contributed by atoms with Crippen molar-refractivity contribution in [2.45, 2.75) is 46.1 Å². The minimum absolute atomic E-state index is 0.262. The topological polar surface area (TPSA) is 12.0 Å². The van der Waals surface area contributed by atoms with E-state index >= 15 is 0 Å². The summed E-state index contributed by atoms with van der Waals surface area (Å²) in [7, 11) is 0. The van der Waals surface area contributed by atoms with Crippen LogP contribution in [-0.4, -0.2) is 12.1 Å². The summed E-state index contributed by atoms with van der Waals surface area (Å²) in [4.78, 5) is 0. The predicted molar refractivity (Wildman–Crippen MR) is 63.4 cm³/mol. The summed E-state index contributed by atoms with van der Waals surface area (Å²) in [5, 5.41) is 3.57. The van der Waals surface area contributed by atoms with Crippen LogP contribution in [0.5, 0.6) is 0 Å². The second kappa shape index (κ2) is 4.79. The molecule has 0 radical (unpaired) electrons. The molecule has 1 unspecified atom stereocenters. The minimum atomic E-state index is 0.262. The first-order valence-electron chi connectivity index (χ1n) is 5.66. The molecule has 0 aromatic carbocycles. The Morgan fingerprint density at radius 2 is 2.21 bits per heavy atom. The van der Waals surface area contributed by atoms with Crippen LogP contribution in [0.1, 0.15) is 40.5 Å². The first-order valence-corrected chi connectivity index (χ1v) is 5.66. The first-order chi connectivity index (χ1) is 6.53. The molecule has 1 N–H and O–H groups in total. The summed E-state index contributed by atoms with van der Waals surface area (Å²) in [6.45, 7) is 9.99. The third-order valence-electron chi connectivity index (χ3n) is 3.05. The zero-order valence-corrected chi connectivity index (χ0v) is 9.93. The molecule has 1 heteroatoms. The standard InChI is InChI=1S/C13H23N/c1-5-13(3,4)14-10-12-8-6-11(2)7-9-12/h6,8-9,11,14H,5,7,10H2,1-4H3. The summed E-state index contributed by atoms with van der Waals surface area (Å²) in [6.07, 6.45) is 9.27. The molecule has 0 saturated heterocycles. The normalized spacial score (nSPS) is 22.3. The van der Waals surface area contributed by atoms with Gasteiger partial charge in [0.15, 0.2) is 0 Å². The Morgan fingerprint density at radius 3 is 2.71 bits per heavy atom. The van der Waals surface area contributed by atoms with Crippen LogP contribution < -0.4 is 5.32 Å². The second-order valence-electron chi connectivity index (χ2n) is 4.94. The Bertz CT molecular complexity index is 236. The Balaban J connectivity index is 2.36. The van der Waals surface area contributed by atoms with Gasteiger partial charge in [0.25, 0.3) is 0 Å². The highest BCUT2D eigenvalue weighted by molar-refractivity contribution is 5.24. The fourth-order valence-electron chi connectivity index (χ4n) is 1.37. The van der Waals surface area contributed by atoms with Crippen molar-refractivity contribution in [3.8, 4) is 0 Å². The van der Waals surface area contributed by atoms with Gasteiger partial charge in [-0.15, -0.1) is 0 Å². The quantitative estimate of drug-likeness (QED) is 0.722. The van der Waals surface area contributed by atoms with Gasteiger partial charge >= 0.3 is 0 Å². The highest BCUT2D eigenvalue weighted by Crippen LogP contribution is 2.16. The van der Waals surface area contributed by atoms with Gasteiger partial charge in [-0.1, -0.05) is 32.1 Å². The van der Waals surface area contributed by atoms with Crippen molar-refractivity contribution in [3.63, 3.8) is 0 Å². The summed E-state index contributed by atoms with van der Waals surface area (Å²) < 4.78 is 0. The molecule has 1 nitrogen and oxygen atoms in total. The average molecular weight is 193 g/mol.